The van der Waals surface area contributed by atoms with Crippen molar-refractivity contribution >= 4 is 18.6 Å². The van der Waals surface area contributed by atoms with Gasteiger partial charge in [-0.15, -0.1) is 4.91 Å². The van der Waals surface area contributed by atoms with E-state index >= 15 is 0 Å². The van der Waals surface area contributed by atoms with Crippen molar-refractivity contribution in [1.82, 2.24) is 0 Å². The normalized spacial score (nSPS) is 12.6. The van der Waals surface area contributed by atoms with E-state index in [1.165, 1.54) is 0 Å². The molecule has 0 aromatic heterocycles. The highest BCUT2D eigenvalue weighted by atomic mass is 32.1. The quantitative estimate of drug-likeness (QED) is 0.427. The van der Waals surface area contributed by atoms with Crippen LogP contribution in [0.25, 0.3) is 0 Å². The molecule has 4 nitrogen and oxygen atoms in total. The first kappa shape index (κ1) is 7.42. The van der Waals surface area contributed by atoms with Gasteiger partial charge in [-0.05, 0) is 0 Å². The number of hydrogen-bond acceptors (Lipinski definition) is 4. The number of rotatable bonds is 3. The first-order valence-electron chi connectivity index (χ1n) is 1.88. The van der Waals surface area contributed by atoms with Crippen LogP contribution in [0.15, 0.2) is 5.18 Å². The molecule has 0 unspecified atom stereocenters. The Morgan fingerprint density at radius 2 is 2.38 bits per heavy atom. The van der Waals surface area contributed by atoms with Crippen LogP contribution in [0.1, 0.15) is 0 Å². The summed E-state index contributed by atoms with van der Waals surface area (Å²) in [5.41, 5.74) is 0. The first-order valence-corrected chi connectivity index (χ1v) is 2.51. The van der Waals surface area contributed by atoms with Crippen LogP contribution < -0.4 is 0 Å². The molecule has 5 heteroatoms. The van der Waals surface area contributed by atoms with Crippen molar-refractivity contribution in [3.8, 4) is 0 Å². The van der Waals surface area contributed by atoms with E-state index in [0.29, 0.717) is 0 Å². The number of carbonyl (C=O) groups is 1. The number of nitroso groups, excluding NO2 is 1. The van der Waals surface area contributed by atoms with Gasteiger partial charge in [0.05, 0.1) is 0 Å². The second-order valence-corrected chi connectivity index (χ2v) is 1.51. The van der Waals surface area contributed by atoms with E-state index in [2.05, 4.69) is 17.8 Å². The SMILES string of the molecule is O=N[C@H](CS)C(=O)O. The number of hydrogen-bond donors (Lipinski definition) is 2. The molecule has 1 atom stereocenters. The van der Waals surface area contributed by atoms with Gasteiger partial charge in [0.15, 0.2) is 6.04 Å². The third-order valence-corrected chi connectivity index (χ3v) is 0.931. The third kappa shape index (κ3) is 1.92. The summed E-state index contributed by atoms with van der Waals surface area (Å²) in [6.45, 7) is 0. The van der Waals surface area contributed by atoms with Crippen molar-refractivity contribution < 1.29 is 9.90 Å². The second kappa shape index (κ2) is 3.43. The molecule has 0 rings (SSSR count). The smallest absolute Gasteiger partial charge is 0.332 e. The highest BCUT2D eigenvalue weighted by molar-refractivity contribution is 7.80. The summed E-state index contributed by atoms with van der Waals surface area (Å²) >= 11 is 3.56. The standard InChI is InChI=1S/C3H5NO3S/c5-3(6)2(1-8)4-7/h2,8H,1H2,(H,5,6)/t2-/m1/s1. The van der Waals surface area contributed by atoms with Crippen LogP contribution in [0.2, 0.25) is 0 Å². The summed E-state index contributed by atoms with van der Waals surface area (Å²) in [6.07, 6.45) is 0. The maximum absolute atomic E-state index is 9.82. The Morgan fingerprint density at radius 3 is 2.38 bits per heavy atom. The predicted molar refractivity (Wildman–Crippen MR) is 31.1 cm³/mol. The maximum Gasteiger partial charge on any atom is 0.332 e. The predicted octanol–water partition coefficient (Wildman–Crippen LogP) is 0.136. The largest absolute Gasteiger partial charge is 0.480 e. The molecule has 1 N–H and O–H groups in total. The molecule has 0 aliphatic carbocycles. The molecule has 0 radical (unpaired) electrons. The number of nitrogens with zero attached hydrogens (tertiary/aromatic N) is 1. The van der Waals surface area contributed by atoms with Crippen LogP contribution >= 0.6 is 12.6 Å². The van der Waals surface area contributed by atoms with E-state index in [-0.39, 0.29) is 5.75 Å². The molecule has 0 bridgehead atoms. The Hall–Kier alpha value is -0.580. The van der Waals surface area contributed by atoms with Crippen molar-refractivity contribution in [2.75, 3.05) is 5.75 Å². The Bertz CT molecular complexity index is 105. The molecule has 0 aliphatic rings. The lowest BCUT2D eigenvalue weighted by Crippen LogP contribution is -2.18. The van der Waals surface area contributed by atoms with E-state index in [1.807, 2.05) is 0 Å². The fraction of sp³-hybridized carbons (Fsp3) is 0.667. The maximum atomic E-state index is 9.82. The van der Waals surface area contributed by atoms with Gasteiger partial charge in [0, 0.05) is 5.75 Å². The van der Waals surface area contributed by atoms with Gasteiger partial charge in [-0.1, -0.05) is 5.18 Å². The lowest BCUT2D eigenvalue weighted by atomic mass is 10.4. The Balaban J connectivity index is 3.69. The molecule has 8 heavy (non-hydrogen) atoms. The van der Waals surface area contributed by atoms with E-state index in [4.69, 9.17) is 5.11 Å². The lowest BCUT2D eigenvalue weighted by Gasteiger charge is -1.93. The van der Waals surface area contributed by atoms with Gasteiger partial charge in [0.1, 0.15) is 0 Å². The van der Waals surface area contributed by atoms with Gasteiger partial charge in [-0.3, -0.25) is 0 Å². The van der Waals surface area contributed by atoms with Gasteiger partial charge in [0.25, 0.3) is 0 Å². The minimum atomic E-state index is -1.23. The van der Waals surface area contributed by atoms with Crippen molar-refractivity contribution in [1.29, 1.82) is 0 Å². The molecule has 0 amide bonds. The summed E-state index contributed by atoms with van der Waals surface area (Å²) in [5, 5.41) is 10.3. The molecule has 0 heterocycles. The number of carboxylic acids is 1. The number of aliphatic carboxylic acids is 1. The van der Waals surface area contributed by atoms with Crippen molar-refractivity contribution in [2.45, 2.75) is 6.04 Å². The van der Waals surface area contributed by atoms with Crippen LogP contribution in [0, 0.1) is 4.91 Å². The van der Waals surface area contributed by atoms with E-state index < -0.39 is 12.0 Å². The van der Waals surface area contributed by atoms with Crippen molar-refractivity contribution in [3.05, 3.63) is 4.91 Å². The van der Waals surface area contributed by atoms with Gasteiger partial charge in [-0.25, -0.2) is 4.79 Å². The zero-order valence-electron chi connectivity index (χ0n) is 3.94. The topological polar surface area (TPSA) is 66.7 Å². The minimum Gasteiger partial charge on any atom is -0.480 e. The average molecular weight is 135 g/mol. The molecular formula is C3H5NO3S. The van der Waals surface area contributed by atoms with Crippen LogP contribution in [0.4, 0.5) is 0 Å². The highest BCUT2D eigenvalue weighted by Crippen LogP contribution is 1.91. The zero-order chi connectivity index (χ0) is 6.57. The van der Waals surface area contributed by atoms with E-state index in [1.54, 1.807) is 0 Å². The fourth-order valence-electron chi connectivity index (χ4n) is 0.157. The van der Waals surface area contributed by atoms with Crippen LogP contribution in [0.3, 0.4) is 0 Å². The fourth-order valence-corrected chi connectivity index (χ4v) is 0.379. The van der Waals surface area contributed by atoms with Gasteiger partial charge in [-0.2, -0.15) is 12.6 Å². The van der Waals surface area contributed by atoms with Gasteiger partial charge < -0.3 is 5.11 Å². The molecular weight excluding hydrogens is 130 g/mol. The van der Waals surface area contributed by atoms with Crippen molar-refractivity contribution in [3.63, 3.8) is 0 Å². The van der Waals surface area contributed by atoms with Crippen molar-refractivity contribution in [2.24, 2.45) is 5.18 Å². The molecule has 0 spiro atoms. The van der Waals surface area contributed by atoms with Gasteiger partial charge >= 0.3 is 5.97 Å². The highest BCUT2D eigenvalue weighted by Gasteiger charge is 2.14. The number of carboxylic acid groups (broad SMARTS) is 1. The van der Waals surface area contributed by atoms with Gasteiger partial charge in [0.2, 0.25) is 0 Å². The van der Waals surface area contributed by atoms with Crippen LogP contribution in [0.5, 0.6) is 0 Å². The Kier molecular flexibility index (Phi) is 3.18. The zero-order valence-corrected chi connectivity index (χ0v) is 4.84. The summed E-state index contributed by atoms with van der Waals surface area (Å²) in [5.74, 6) is -1.27. The Labute approximate surface area is 51.3 Å². The summed E-state index contributed by atoms with van der Waals surface area (Å²) < 4.78 is 0. The lowest BCUT2D eigenvalue weighted by molar-refractivity contribution is -0.137. The molecule has 0 aromatic carbocycles. The molecule has 0 fully saturated rings. The molecule has 0 saturated heterocycles. The summed E-state index contributed by atoms with van der Waals surface area (Å²) in [6, 6.07) is -1.20. The molecule has 0 aromatic rings. The monoisotopic (exact) mass is 135 g/mol. The first-order chi connectivity index (χ1) is 3.72. The number of thiol groups is 1. The summed E-state index contributed by atoms with van der Waals surface area (Å²) in [4.78, 5) is 19.3. The minimum absolute atomic E-state index is 0.0428. The van der Waals surface area contributed by atoms with Crippen LogP contribution in [-0.2, 0) is 4.79 Å². The Morgan fingerprint density at radius 1 is 1.88 bits per heavy atom. The van der Waals surface area contributed by atoms with E-state index in [0.717, 1.165) is 0 Å². The van der Waals surface area contributed by atoms with Crippen LogP contribution in [-0.4, -0.2) is 22.9 Å². The molecule has 0 aliphatic heterocycles. The van der Waals surface area contributed by atoms with E-state index in [9.17, 15) is 9.70 Å². The summed E-state index contributed by atoms with van der Waals surface area (Å²) in [7, 11) is 0. The molecule has 46 valence electrons. The second-order valence-electron chi connectivity index (χ2n) is 1.14. The average Bonchev–Trinajstić information content (AvgIpc) is 1.69. The third-order valence-electron chi connectivity index (χ3n) is 0.585. The molecule has 0 saturated carbocycles.